The van der Waals surface area contributed by atoms with Gasteiger partial charge in [-0.3, -0.25) is 0 Å². The van der Waals surface area contributed by atoms with Gasteiger partial charge >= 0.3 is 0 Å². The molecule has 0 spiro atoms. The minimum absolute atomic E-state index is 0.623. The van der Waals surface area contributed by atoms with E-state index in [2.05, 4.69) is 26.1 Å². The second kappa shape index (κ2) is 3.84. The zero-order valence-electron chi connectivity index (χ0n) is 9.97. The molecule has 14 heavy (non-hydrogen) atoms. The summed E-state index contributed by atoms with van der Waals surface area (Å²) in [6.07, 6.45) is 7.17. The van der Waals surface area contributed by atoms with Gasteiger partial charge in [-0.05, 0) is 55.9 Å². The maximum atomic E-state index is 3.70. The van der Waals surface area contributed by atoms with Crippen molar-refractivity contribution in [3.8, 4) is 0 Å². The first kappa shape index (κ1) is 10.5. The molecule has 2 aliphatic rings. The predicted octanol–water partition coefficient (Wildman–Crippen LogP) is 3.20. The molecule has 1 saturated carbocycles. The zero-order chi connectivity index (χ0) is 10.2. The third-order valence-corrected chi connectivity index (χ3v) is 4.48. The van der Waals surface area contributed by atoms with E-state index in [4.69, 9.17) is 0 Å². The van der Waals surface area contributed by atoms with Crippen LogP contribution in [0.2, 0.25) is 0 Å². The van der Waals surface area contributed by atoms with Crippen LogP contribution in [0.15, 0.2) is 0 Å². The van der Waals surface area contributed by atoms with E-state index < -0.39 is 0 Å². The molecular weight excluding hydrogens is 170 g/mol. The molecule has 2 atom stereocenters. The summed E-state index contributed by atoms with van der Waals surface area (Å²) in [4.78, 5) is 0. The fourth-order valence-corrected chi connectivity index (χ4v) is 3.27. The van der Waals surface area contributed by atoms with Crippen LogP contribution in [-0.2, 0) is 0 Å². The van der Waals surface area contributed by atoms with E-state index in [1.54, 1.807) is 0 Å². The molecule has 1 heteroatoms. The summed E-state index contributed by atoms with van der Waals surface area (Å²) >= 11 is 0. The highest BCUT2D eigenvalue weighted by atomic mass is 15.0. The average molecular weight is 195 g/mol. The molecule has 1 aliphatic heterocycles. The van der Waals surface area contributed by atoms with E-state index in [1.807, 2.05) is 0 Å². The molecular formula is C13H25N. The van der Waals surface area contributed by atoms with E-state index in [9.17, 15) is 0 Å². The fourth-order valence-electron chi connectivity index (χ4n) is 3.27. The van der Waals surface area contributed by atoms with Crippen LogP contribution in [0.5, 0.6) is 0 Å². The van der Waals surface area contributed by atoms with Crippen LogP contribution in [0.1, 0.15) is 52.9 Å². The molecule has 82 valence electrons. The van der Waals surface area contributed by atoms with Gasteiger partial charge in [-0.25, -0.2) is 0 Å². The third kappa shape index (κ3) is 2.13. The van der Waals surface area contributed by atoms with Crippen LogP contribution in [0.4, 0.5) is 0 Å². The van der Waals surface area contributed by atoms with Crippen molar-refractivity contribution in [2.75, 3.05) is 6.54 Å². The second-order valence-electron chi connectivity index (χ2n) is 6.25. The Bertz CT molecular complexity index is 187. The second-order valence-corrected chi connectivity index (χ2v) is 6.25. The largest absolute Gasteiger partial charge is 0.313 e. The maximum Gasteiger partial charge on any atom is 0.0121 e. The standard InChI is InChI=1S/C13H25N/c1-10-6-9-14-12(10)11-4-7-13(2,3)8-5-11/h10-12,14H,4-9H2,1-3H3. The predicted molar refractivity (Wildman–Crippen MR) is 61.3 cm³/mol. The maximum absolute atomic E-state index is 3.70. The average Bonchev–Trinajstić information content (AvgIpc) is 2.52. The van der Waals surface area contributed by atoms with Crippen LogP contribution < -0.4 is 5.32 Å². The Morgan fingerprint density at radius 3 is 2.21 bits per heavy atom. The van der Waals surface area contributed by atoms with E-state index >= 15 is 0 Å². The van der Waals surface area contributed by atoms with Crippen molar-refractivity contribution in [3.05, 3.63) is 0 Å². The van der Waals surface area contributed by atoms with Crippen LogP contribution in [0.3, 0.4) is 0 Å². The van der Waals surface area contributed by atoms with Gasteiger partial charge in [0.05, 0.1) is 0 Å². The molecule has 2 unspecified atom stereocenters. The molecule has 0 aromatic carbocycles. The Morgan fingerprint density at radius 2 is 1.71 bits per heavy atom. The zero-order valence-corrected chi connectivity index (χ0v) is 9.97. The quantitative estimate of drug-likeness (QED) is 0.677. The van der Waals surface area contributed by atoms with E-state index in [-0.39, 0.29) is 0 Å². The molecule has 0 radical (unpaired) electrons. The molecule has 0 aromatic heterocycles. The summed E-state index contributed by atoms with van der Waals surface area (Å²) in [5, 5.41) is 3.70. The van der Waals surface area contributed by atoms with Gasteiger partial charge < -0.3 is 5.32 Å². The van der Waals surface area contributed by atoms with Gasteiger partial charge in [0.15, 0.2) is 0 Å². The monoisotopic (exact) mass is 195 g/mol. The van der Waals surface area contributed by atoms with Gasteiger partial charge in [0.25, 0.3) is 0 Å². The highest BCUT2D eigenvalue weighted by Crippen LogP contribution is 2.41. The number of hydrogen-bond donors (Lipinski definition) is 1. The van der Waals surface area contributed by atoms with Crippen molar-refractivity contribution in [2.24, 2.45) is 17.3 Å². The van der Waals surface area contributed by atoms with Crippen LogP contribution in [0.25, 0.3) is 0 Å². The van der Waals surface area contributed by atoms with Crippen molar-refractivity contribution >= 4 is 0 Å². The minimum Gasteiger partial charge on any atom is -0.313 e. The van der Waals surface area contributed by atoms with Crippen molar-refractivity contribution in [1.82, 2.24) is 5.32 Å². The molecule has 0 bridgehead atoms. The summed E-state index contributed by atoms with van der Waals surface area (Å²) in [7, 11) is 0. The number of rotatable bonds is 1. The van der Waals surface area contributed by atoms with Crippen LogP contribution >= 0.6 is 0 Å². The SMILES string of the molecule is CC1CCNC1C1CCC(C)(C)CC1. The lowest BCUT2D eigenvalue weighted by Crippen LogP contribution is -2.37. The Hall–Kier alpha value is -0.0400. The molecule has 2 fully saturated rings. The smallest absolute Gasteiger partial charge is 0.0121 e. The van der Waals surface area contributed by atoms with Gasteiger partial charge in [0, 0.05) is 6.04 Å². The first-order valence-electron chi connectivity index (χ1n) is 6.32. The fraction of sp³-hybridized carbons (Fsp3) is 1.00. The topological polar surface area (TPSA) is 12.0 Å². The minimum atomic E-state index is 0.623. The lowest BCUT2D eigenvalue weighted by atomic mass is 9.70. The first-order valence-corrected chi connectivity index (χ1v) is 6.32. The lowest BCUT2D eigenvalue weighted by Gasteiger charge is -2.38. The van der Waals surface area contributed by atoms with Crippen LogP contribution in [0, 0.1) is 17.3 Å². The van der Waals surface area contributed by atoms with Gasteiger partial charge in [0.2, 0.25) is 0 Å². The molecule has 0 amide bonds. The van der Waals surface area contributed by atoms with Crippen molar-refractivity contribution in [2.45, 2.75) is 58.9 Å². The Kier molecular flexibility index (Phi) is 2.88. The van der Waals surface area contributed by atoms with Gasteiger partial charge in [0.1, 0.15) is 0 Å². The molecule has 1 nitrogen and oxygen atoms in total. The Labute approximate surface area is 88.7 Å². The molecule has 1 N–H and O–H groups in total. The highest BCUT2D eigenvalue weighted by molar-refractivity contribution is 4.90. The van der Waals surface area contributed by atoms with Crippen LogP contribution in [-0.4, -0.2) is 12.6 Å². The normalized spacial score (nSPS) is 38.8. The molecule has 1 aliphatic carbocycles. The van der Waals surface area contributed by atoms with E-state index in [1.165, 1.54) is 38.6 Å². The van der Waals surface area contributed by atoms with Crippen molar-refractivity contribution in [1.29, 1.82) is 0 Å². The third-order valence-electron chi connectivity index (χ3n) is 4.48. The summed E-state index contributed by atoms with van der Waals surface area (Å²) in [5.41, 5.74) is 0.623. The highest BCUT2D eigenvalue weighted by Gasteiger charge is 2.35. The summed E-state index contributed by atoms with van der Waals surface area (Å²) in [6.45, 7) is 8.53. The van der Waals surface area contributed by atoms with E-state index in [0.717, 1.165) is 17.9 Å². The van der Waals surface area contributed by atoms with Gasteiger partial charge in [-0.15, -0.1) is 0 Å². The summed E-state index contributed by atoms with van der Waals surface area (Å²) < 4.78 is 0. The number of nitrogens with one attached hydrogen (secondary N) is 1. The lowest BCUT2D eigenvalue weighted by molar-refractivity contribution is 0.155. The first-order chi connectivity index (χ1) is 6.58. The molecule has 0 aromatic rings. The van der Waals surface area contributed by atoms with E-state index in [0.29, 0.717) is 5.41 Å². The number of hydrogen-bond acceptors (Lipinski definition) is 1. The van der Waals surface area contributed by atoms with Crippen molar-refractivity contribution in [3.63, 3.8) is 0 Å². The Balaban J connectivity index is 1.89. The molecule has 1 heterocycles. The molecule has 1 saturated heterocycles. The summed E-state index contributed by atoms with van der Waals surface area (Å²) in [6, 6.07) is 0.839. The molecule has 2 rings (SSSR count). The van der Waals surface area contributed by atoms with Gasteiger partial charge in [-0.2, -0.15) is 0 Å². The Morgan fingerprint density at radius 1 is 1.07 bits per heavy atom. The summed E-state index contributed by atoms with van der Waals surface area (Å²) in [5.74, 6) is 1.89. The van der Waals surface area contributed by atoms with Crippen molar-refractivity contribution < 1.29 is 0 Å². The van der Waals surface area contributed by atoms with Gasteiger partial charge in [-0.1, -0.05) is 20.8 Å².